The van der Waals surface area contributed by atoms with Crippen molar-refractivity contribution >= 4 is 52.7 Å². The molecular weight excluding hydrogens is 503 g/mol. The number of benzene rings is 1. The second-order valence-electron chi connectivity index (χ2n) is 8.53. The van der Waals surface area contributed by atoms with Crippen molar-refractivity contribution < 1.29 is 28.3 Å². The van der Waals surface area contributed by atoms with Crippen LogP contribution >= 0.6 is 0 Å². The molecule has 1 fully saturated rings. The number of amides is 2. The highest BCUT2D eigenvalue weighted by atomic mass is 16.5. The summed E-state index contributed by atoms with van der Waals surface area (Å²) < 4.78 is 21.1. The molecule has 6 radical (unpaired) electrons. The summed E-state index contributed by atoms with van der Waals surface area (Å²) in [5, 5.41) is 9.97. The summed E-state index contributed by atoms with van der Waals surface area (Å²) in [6, 6.07) is 6.64. The molecule has 3 heterocycles. The molecule has 0 atom stereocenters. The maximum atomic E-state index is 12.9. The predicted molar refractivity (Wildman–Crippen MR) is 143 cm³/mol. The Labute approximate surface area is 228 Å². The fourth-order valence-electron chi connectivity index (χ4n) is 3.78. The average molecular weight is 527 g/mol. The van der Waals surface area contributed by atoms with Crippen LogP contribution in [0.4, 0.5) is 22.0 Å². The molecule has 196 valence electrons. The standard InChI is InChI=1S/C23H24B3N7O6/c1-36-19-13(20-30-18(39-32-20)12-33-6-8-38-9-7-33)4-3-5-15(19)28-16-10-17(29-22(35)37-2)27-11-14(16)21(34)31-23(24,25)26/h3-5,10-11H,6-9,12H2,1-2H3,(H,31,34)(H2,27,28,29,35). The number of anilines is 3. The van der Waals surface area contributed by atoms with Gasteiger partial charge < -0.3 is 29.4 Å². The Kier molecular flexibility index (Phi) is 8.77. The second kappa shape index (κ2) is 12.2. The first-order chi connectivity index (χ1) is 18.7. The first kappa shape index (κ1) is 28.0. The highest BCUT2D eigenvalue weighted by Crippen LogP contribution is 2.37. The Morgan fingerprint density at radius 3 is 2.62 bits per heavy atom. The number of methoxy groups -OCH3 is 2. The van der Waals surface area contributed by atoms with Crippen LogP contribution in [0.15, 0.2) is 35.0 Å². The van der Waals surface area contributed by atoms with E-state index in [0.29, 0.717) is 48.5 Å². The van der Waals surface area contributed by atoms with Gasteiger partial charge in [0.25, 0.3) is 5.91 Å². The molecule has 0 aliphatic carbocycles. The van der Waals surface area contributed by atoms with E-state index in [-0.39, 0.29) is 17.1 Å². The van der Waals surface area contributed by atoms with Gasteiger partial charge in [-0.3, -0.25) is 15.0 Å². The number of aromatic nitrogens is 3. The minimum Gasteiger partial charge on any atom is -0.494 e. The normalized spacial score (nSPS) is 13.9. The van der Waals surface area contributed by atoms with Crippen LogP contribution in [0.25, 0.3) is 11.4 Å². The number of carbonyl (C=O) groups is 2. The molecule has 1 aromatic carbocycles. The molecule has 1 aliphatic rings. The number of pyridine rings is 1. The Hall–Kier alpha value is -4.04. The molecule has 0 saturated carbocycles. The fourth-order valence-corrected chi connectivity index (χ4v) is 3.78. The molecular formula is C23H24B3N7O6. The minimum absolute atomic E-state index is 0.0240. The Morgan fingerprint density at radius 1 is 1.15 bits per heavy atom. The molecule has 0 spiro atoms. The average Bonchev–Trinajstić information content (AvgIpc) is 3.36. The maximum absolute atomic E-state index is 12.9. The topological polar surface area (TPSA) is 153 Å². The van der Waals surface area contributed by atoms with Crippen molar-refractivity contribution in [1.82, 2.24) is 25.3 Å². The molecule has 2 aromatic heterocycles. The molecule has 13 nitrogen and oxygen atoms in total. The molecule has 4 rings (SSSR count). The molecule has 2 amide bonds. The molecule has 16 heteroatoms. The maximum Gasteiger partial charge on any atom is 0.412 e. The summed E-state index contributed by atoms with van der Waals surface area (Å²) in [6.45, 7) is 3.34. The van der Waals surface area contributed by atoms with E-state index in [1.165, 1.54) is 26.5 Å². The number of para-hydroxylation sites is 1. The van der Waals surface area contributed by atoms with Gasteiger partial charge in [0.05, 0.1) is 80.0 Å². The van der Waals surface area contributed by atoms with E-state index in [9.17, 15) is 9.59 Å². The quantitative estimate of drug-likeness (QED) is 0.338. The number of hydrogen-bond acceptors (Lipinski definition) is 11. The van der Waals surface area contributed by atoms with Gasteiger partial charge in [0, 0.05) is 25.4 Å². The number of carbonyl (C=O) groups excluding carboxylic acids is 2. The lowest BCUT2D eigenvalue weighted by molar-refractivity contribution is 0.0297. The fraction of sp³-hybridized carbons (Fsp3) is 0.348. The number of hydrogen-bond donors (Lipinski definition) is 3. The summed E-state index contributed by atoms with van der Waals surface area (Å²) >= 11 is 0. The zero-order valence-corrected chi connectivity index (χ0v) is 21.4. The second-order valence-corrected chi connectivity index (χ2v) is 8.53. The van der Waals surface area contributed by atoms with Gasteiger partial charge in [0.15, 0.2) is 5.75 Å². The summed E-state index contributed by atoms with van der Waals surface area (Å²) in [5.41, 5.74) is 1.22. The lowest BCUT2D eigenvalue weighted by atomic mass is 9.49. The zero-order chi connectivity index (χ0) is 28.0. The summed E-state index contributed by atoms with van der Waals surface area (Å²) in [6.07, 6.45) is 0.461. The van der Waals surface area contributed by atoms with Gasteiger partial charge in [-0.1, -0.05) is 16.5 Å². The van der Waals surface area contributed by atoms with E-state index < -0.39 is 17.2 Å². The van der Waals surface area contributed by atoms with Crippen molar-refractivity contribution in [2.45, 2.75) is 11.8 Å². The first-order valence-corrected chi connectivity index (χ1v) is 11.8. The molecule has 1 aliphatic heterocycles. The summed E-state index contributed by atoms with van der Waals surface area (Å²) in [5.74, 6) is 0.517. The van der Waals surface area contributed by atoms with Gasteiger partial charge in [-0.2, -0.15) is 4.98 Å². The van der Waals surface area contributed by atoms with E-state index >= 15 is 0 Å². The third kappa shape index (κ3) is 7.30. The Morgan fingerprint density at radius 2 is 1.92 bits per heavy atom. The van der Waals surface area contributed by atoms with E-state index in [4.69, 9.17) is 37.5 Å². The number of ether oxygens (including phenoxy) is 3. The van der Waals surface area contributed by atoms with Crippen LogP contribution in [0.1, 0.15) is 16.2 Å². The Bertz CT molecular complexity index is 1330. The van der Waals surface area contributed by atoms with Crippen LogP contribution < -0.4 is 20.7 Å². The van der Waals surface area contributed by atoms with Crippen LogP contribution in [0.3, 0.4) is 0 Å². The van der Waals surface area contributed by atoms with Crippen molar-refractivity contribution in [3.63, 3.8) is 0 Å². The molecule has 3 N–H and O–H groups in total. The van der Waals surface area contributed by atoms with Gasteiger partial charge >= 0.3 is 6.09 Å². The van der Waals surface area contributed by atoms with Crippen LogP contribution in [-0.4, -0.2) is 101 Å². The number of morpholine rings is 1. The number of nitrogens with zero attached hydrogens (tertiary/aromatic N) is 4. The van der Waals surface area contributed by atoms with Crippen molar-refractivity contribution in [3.8, 4) is 17.1 Å². The van der Waals surface area contributed by atoms with E-state index in [1.54, 1.807) is 18.2 Å². The molecule has 0 bridgehead atoms. The van der Waals surface area contributed by atoms with E-state index in [0.717, 1.165) is 13.1 Å². The van der Waals surface area contributed by atoms with Gasteiger partial charge in [0.1, 0.15) is 5.82 Å². The van der Waals surface area contributed by atoms with Crippen LogP contribution in [0, 0.1) is 0 Å². The highest BCUT2D eigenvalue weighted by molar-refractivity contribution is 6.60. The highest BCUT2D eigenvalue weighted by Gasteiger charge is 2.22. The third-order valence-corrected chi connectivity index (χ3v) is 5.55. The van der Waals surface area contributed by atoms with E-state index in [1.807, 2.05) is 0 Å². The number of rotatable bonds is 9. The molecule has 0 unspecified atom stereocenters. The van der Waals surface area contributed by atoms with Gasteiger partial charge in [-0.25, -0.2) is 9.78 Å². The molecule has 1 saturated heterocycles. The van der Waals surface area contributed by atoms with Crippen molar-refractivity contribution in [3.05, 3.63) is 41.9 Å². The summed E-state index contributed by atoms with van der Waals surface area (Å²) in [7, 11) is 19.3. The smallest absolute Gasteiger partial charge is 0.412 e. The van der Waals surface area contributed by atoms with Gasteiger partial charge in [-0.05, 0) is 12.1 Å². The lowest BCUT2D eigenvalue weighted by Gasteiger charge is -2.24. The number of nitrogens with one attached hydrogen (secondary N) is 3. The Balaban J connectivity index is 1.65. The largest absolute Gasteiger partial charge is 0.494 e. The minimum atomic E-state index is -1.98. The van der Waals surface area contributed by atoms with Crippen molar-refractivity contribution in [1.29, 1.82) is 0 Å². The van der Waals surface area contributed by atoms with Gasteiger partial charge in [0.2, 0.25) is 11.7 Å². The first-order valence-electron chi connectivity index (χ1n) is 11.8. The van der Waals surface area contributed by atoms with E-state index in [2.05, 4.69) is 40.7 Å². The van der Waals surface area contributed by atoms with Crippen LogP contribution in [-0.2, 0) is 16.0 Å². The van der Waals surface area contributed by atoms with Crippen molar-refractivity contribution in [2.75, 3.05) is 51.2 Å². The zero-order valence-electron chi connectivity index (χ0n) is 21.4. The molecule has 3 aromatic rings. The summed E-state index contributed by atoms with van der Waals surface area (Å²) in [4.78, 5) is 35.3. The van der Waals surface area contributed by atoms with Crippen LogP contribution in [0.5, 0.6) is 5.75 Å². The third-order valence-electron chi connectivity index (χ3n) is 5.55. The van der Waals surface area contributed by atoms with Gasteiger partial charge in [-0.15, -0.1) is 0 Å². The predicted octanol–water partition coefficient (Wildman–Crippen LogP) is 0.741. The SMILES string of the molecule is [B]C([B])([B])NC(=O)c1cnc(NC(=O)OC)cc1Nc1cccc(-c2noc(CN3CCOCC3)n2)c1OC. The molecule has 39 heavy (non-hydrogen) atoms. The monoisotopic (exact) mass is 527 g/mol. The lowest BCUT2D eigenvalue weighted by Crippen LogP contribution is -2.50. The van der Waals surface area contributed by atoms with Crippen molar-refractivity contribution in [2.24, 2.45) is 0 Å². The van der Waals surface area contributed by atoms with Crippen LogP contribution in [0.2, 0.25) is 0 Å².